The van der Waals surface area contributed by atoms with Gasteiger partial charge in [0.15, 0.2) is 0 Å². The standard InChI is InChI=1S/C13H21N5OS/c1-2-11-15-13(20-16-11)18-7-5-17(6-8-18)9-12(19)14-10-3-4-10/h10H,2-9H2,1H3,(H,14,19). The van der Waals surface area contributed by atoms with Crippen molar-refractivity contribution in [2.75, 3.05) is 37.6 Å². The van der Waals surface area contributed by atoms with Crippen LogP contribution in [0.5, 0.6) is 0 Å². The third-order valence-corrected chi connectivity index (χ3v) is 4.54. The number of nitrogens with one attached hydrogen (secondary N) is 1. The Kier molecular flexibility index (Phi) is 4.16. The molecular weight excluding hydrogens is 274 g/mol. The molecule has 0 atom stereocenters. The number of aromatic nitrogens is 2. The molecule has 2 heterocycles. The van der Waals surface area contributed by atoms with E-state index in [1.165, 1.54) is 11.5 Å². The zero-order chi connectivity index (χ0) is 13.9. The van der Waals surface area contributed by atoms with Gasteiger partial charge in [0.2, 0.25) is 11.0 Å². The van der Waals surface area contributed by atoms with Crippen molar-refractivity contribution >= 4 is 22.6 Å². The second-order valence-corrected chi connectivity index (χ2v) is 6.18. The molecule has 1 aliphatic carbocycles. The van der Waals surface area contributed by atoms with E-state index < -0.39 is 0 Å². The van der Waals surface area contributed by atoms with Gasteiger partial charge >= 0.3 is 0 Å². The number of aryl methyl sites for hydroxylation is 1. The lowest BCUT2D eigenvalue weighted by atomic mass is 10.3. The van der Waals surface area contributed by atoms with E-state index in [2.05, 4.69) is 31.4 Å². The molecular formula is C13H21N5OS. The largest absolute Gasteiger partial charge is 0.352 e. The summed E-state index contributed by atoms with van der Waals surface area (Å²) >= 11 is 1.48. The second kappa shape index (κ2) is 6.05. The summed E-state index contributed by atoms with van der Waals surface area (Å²) in [6, 6.07) is 0.456. The molecule has 0 radical (unpaired) electrons. The van der Waals surface area contributed by atoms with Crippen LogP contribution in [0.3, 0.4) is 0 Å². The van der Waals surface area contributed by atoms with Gasteiger partial charge in [0, 0.05) is 50.2 Å². The summed E-state index contributed by atoms with van der Waals surface area (Å²) in [5, 5.41) is 4.06. The van der Waals surface area contributed by atoms with Crippen molar-refractivity contribution < 1.29 is 4.79 Å². The van der Waals surface area contributed by atoms with Crippen LogP contribution in [-0.2, 0) is 11.2 Å². The summed E-state index contributed by atoms with van der Waals surface area (Å²) in [7, 11) is 0. The highest BCUT2D eigenvalue weighted by Gasteiger charge is 2.25. The number of rotatable bonds is 5. The van der Waals surface area contributed by atoms with Crippen LogP contribution in [0.1, 0.15) is 25.6 Å². The van der Waals surface area contributed by atoms with Crippen molar-refractivity contribution in [3.63, 3.8) is 0 Å². The van der Waals surface area contributed by atoms with Crippen molar-refractivity contribution in [3.05, 3.63) is 5.82 Å². The molecule has 2 fully saturated rings. The number of amides is 1. The third-order valence-electron chi connectivity index (χ3n) is 3.73. The topological polar surface area (TPSA) is 61.4 Å². The number of nitrogens with zero attached hydrogens (tertiary/aromatic N) is 4. The Morgan fingerprint density at radius 1 is 1.35 bits per heavy atom. The van der Waals surface area contributed by atoms with Crippen LogP contribution in [0.2, 0.25) is 0 Å². The molecule has 1 aromatic rings. The fraction of sp³-hybridized carbons (Fsp3) is 0.769. The Labute approximate surface area is 123 Å². The summed E-state index contributed by atoms with van der Waals surface area (Å²) < 4.78 is 4.33. The zero-order valence-corrected chi connectivity index (χ0v) is 12.7. The minimum atomic E-state index is 0.171. The van der Waals surface area contributed by atoms with Crippen molar-refractivity contribution in [1.29, 1.82) is 0 Å². The maximum absolute atomic E-state index is 11.8. The second-order valence-electron chi connectivity index (χ2n) is 5.45. The molecule has 2 aliphatic rings. The predicted molar refractivity (Wildman–Crippen MR) is 79.1 cm³/mol. The zero-order valence-electron chi connectivity index (χ0n) is 11.8. The van der Waals surface area contributed by atoms with Crippen molar-refractivity contribution in [2.24, 2.45) is 0 Å². The number of carbonyl (C=O) groups is 1. The van der Waals surface area contributed by atoms with Gasteiger partial charge in [-0.3, -0.25) is 9.69 Å². The first-order valence-electron chi connectivity index (χ1n) is 7.34. The molecule has 0 unspecified atom stereocenters. The van der Waals surface area contributed by atoms with Gasteiger partial charge in [-0.15, -0.1) is 0 Å². The van der Waals surface area contributed by atoms with Crippen molar-refractivity contribution in [3.8, 4) is 0 Å². The summed E-state index contributed by atoms with van der Waals surface area (Å²) in [6.07, 6.45) is 3.18. The van der Waals surface area contributed by atoms with Gasteiger partial charge < -0.3 is 10.2 Å². The van der Waals surface area contributed by atoms with E-state index in [4.69, 9.17) is 0 Å². The van der Waals surface area contributed by atoms with Crippen LogP contribution in [0.25, 0.3) is 0 Å². The molecule has 1 aromatic heterocycles. The van der Waals surface area contributed by atoms with E-state index in [9.17, 15) is 4.79 Å². The molecule has 0 aromatic carbocycles. The predicted octanol–water partition coefficient (Wildman–Crippen LogP) is 0.501. The maximum Gasteiger partial charge on any atom is 0.234 e. The van der Waals surface area contributed by atoms with Crippen LogP contribution < -0.4 is 10.2 Å². The Hall–Kier alpha value is -1.21. The van der Waals surface area contributed by atoms with E-state index in [0.717, 1.165) is 56.4 Å². The minimum Gasteiger partial charge on any atom is -0.352 e. The van der Waals surface area contributed by atoms with E-state index >= 15 is 0 Å². The van der Waals surface area contributed by atoms with Gasteiger partial charge in [-0.05, 0) is 12.8 Å². The summed E-state index contributed by atoms with van der Waals surface area (Å²) in [5.74, 6) is 1.10. The number of hydrogen-bond acceptors (Lipinski definition) is 6. The maximum atomic E-state index is 11.8. The normalized spacial score (nSPS) is 20.1. The van der Waals surface area contributed by atoms with E-state index in [-0.39, 0.29) is 5.91 Å². The van der Waals surface area contributed by atoms with Crippen molar-refractivity contribution in [2.45, 2.75) is 32.2 Å². The lowest BCUT2D eigenvalue weighted by molar-refractivity contribution is -0.122. The first-order valence-corrected chi connectivity index (χ1v) is 8.11. The quantitative estimate of drug-likeness (QED) is 0.857. The fourth-order valence-corrected chi connectivity index (χ4v) is 3.12. The molecule has 6 nitrogen and oxygen atoms in total. The number of anilines is 1. The number of carbonyl (C=O) groups excluding carboxylic acids is 1. The van der Waals surface area contributed by atoms with Gasteiger partial charge in [0.05, 0.1) is 6.54 Å². The lowest BCUT2D eigenvalue weighted by Crippen LogP contribution is -2.49. The van der Waals surface area contributed by atoms with E-state index in [1.807, 2.05) is 0 Å². The molecule has 1 saturated carbocycles. The van der Waals surface area contributed by atoms with Gasteiger partial charge in [-0.1, -0.05) is 6.92 Å². The highest BCUT2D eigenvalue weighted by Crippen LogP contribution is 2.20. The molecule has 1 N–H and O–H groups in total. The monoisotopic (exact) mass is 295 g/mol. The van der Waals surface area contributed by atoms with Crippen LogP contribution in [0.15, 0.2) is 0 Å². The first-order chi connectivity index (χ1) is 9.74. The summed E-state index contributed by atoms with van der Waals surface area (Å²) in [5.41, 5.74) is 0. The number of hydrogen-bond donors (Lipinski definition) is 1. The Morgan fingerprint density at radius 3 is 2.70 bits per heavy atom. The van der Waals surface area contributed by atoms with Gasteiger partial charge in [0.1, 0.15) is 5.82 Å². The fourth-order valence-electron chi connectivity index (χ4n) is 2.32. The molecule has 3 rings (SSSR count). The van der Waals surface area contributed by atoms with Crippen molar-refractivity contribution in [1.82, 2.24) is 19.6 Å². The molecule has 0 spiro atoms. The molecule has 20 heavy (non-hydrogen) atoms. The highest BCUT2D eigenvalue weighted by molar-refractivity contribution is 7.09. The SMILES string of the molecule is CCc1nsc(N2CCN(CC(=O)NC3CC3)CC2)n1. The van der Waals surface area contributed by atoms with Crippen LogP contribution >= 0.6 is 11.5 Å². The van der Waals surface area contributed by atoms with E-state index in [1.54, 1.807) is 0 Å². The molecule has 0 bridgehead atoms. The van der Waals surface area contributed by atoms with Gasteiger partial charge in [-0.2, -0.15) is 4.37 Å². The molecule has 7 heteroatoms. The Morgan fingerprint density at radius 2 is 2.10 bits per heavy atom. The summed E-state index contributed by atoms with van der Waals surface area (Å²) in [4.78, 5) is 20.8. The highest BCUT2D eigenvalue weighted by atomic mass is 32.1. The average molecular weight is 295 g/mol. The summed E-state index contributed by atoms with van der Waals surface area (Å²) in [6.45, 7) is 6.28. The molecule has 1 amide bonds. The lowest BCUT2D eigenvalue weighted by Gasteiger charge is -2.33. The molecule has 1 aliphatic heterocycles. The molecule has 110 valence electrons. The van der Waals surface area contributed by atoms with Crippen LogP contribution in [-0.4, -0.2) is 58.9 Å². The van der Waals surface area contributed by atoms with Gasteiger partial charge in [0.25, 0.3) is 0 Å². The smallest absolute Gasteiger partial charge is 0.234 e. The Balaban J connectivity index is 1.45. The molecule has 1 saturated heterocycles. The average Bonchev–Trinajstić information content (AvgIpc) is 3.13. The van der Waals surface area contributed by atoms with Crippen LogP contribution in [0, 0.1) is 0 Å². The minimum absolute atomic E-state index is 0.171. The first kappa shape index (κ1) is 13.8. The van der Waals surface area contributed by atoms with Crippen LogP contribution in [0.4, 0.5) is 5.13 Å². The number of piperazine rings is 1. The third kappa shape index (κ3) is 3.46. The Bertz CT molecular complexity index is 465. The van der Waals surface area contributed by atoms with E-state index in [0.29, 0.717) is 12.6 Å². The van der Waals surface area contributed by atoms with Gasteiger partial charge in [-0.25, -0.2) is 4.98 Å².